The predicted molar refractivity (Wildman–Crippen MR) is 334 cm³/mol. The average Bonchev–Trinajstić information content (AvgIpc) is 4.36. The van der Waals surface area contributed by atoms with Gasteiger partial charge in [-0.2, -0.15) is 0 Å². The molecule has 1 aliphatic heterocycles. The Morgan fingerprint density at radius 3 is 1.21 bits per heavy atom. The molecule has 0 saturated heterocycles. The summed E-state index contributed by atoms with van der Waals surface area (Å²) in [6, 6.07) is 103. The number of thiophene rings is 1. The number of hydrogen-bond donors (Lipinski definition) is 0. The molecule has 12 aromatic carbocycles. The van der Waals surface area contributed by atoms with Crippen LogP contribution in [0.5, 0.6) is 0 Å². The summed E-state index contributed by atoms with van der Waals surface area (Å²) in [5.74, 6) is 0. The van der Waals surface area contributed by atoms with Crippen molar-refractivity contribution in [1.29, 1.82) is 0 Å². The van der Waals surface area contributed by atoms with Gasteiger partial charge in [-0.1, -0.05) is 243 Å². The highest BCUT2D eigenvalue weighted by Gasteiger charge is 2.30. The van der Waals surface area contributed by atoms with Gasteiger partial charge < -0.3 is 4.57 Å². The van der Waals surface area contributed by atoms with E-state index in [9.17, 15) is 0 Å². The van der Waals surface area contributed by atoms with Crippen LogP contribution in [0.3, 0.4) is 0 Å². The molecular formula is C74H51NSSi. The van der Waals surface area contributed by atoms with Crippen molar-refractivity contribution < 1.29 is 0 Å². The summed E-state index contributed by atoms with van der Waals surface area (Å²) >= 11 is 1.92. The predicted octanol–water partition coefficient (Wildman–Crippen LogP) is 19.2. The summed E-state index contributed by atoms with van der Waals surface area (Å²) < 4.78 is 5.25. The number of benzene rings is 12. The summed E-state index contributed by atoms with van der Waals surface area (Å²) in [7, 11) is -1.55. The molecule has 0 saturated carbocycles. The zero-order chi connectivity index (χ0) is 51.0. The number of aromatic nitrogens is 1. The second-order valence-electron chi connectivity index (χ2n) is 20.7. The van der Waals surface area contributed by atoms with Gasteiger partial charge in [0, 0.05) is 36.6 Å². The number of hydrogen-bond acceptors (Lipinski definition) is 1. The summed E-state index contributed by atoms with van der Waals surface area (Å²) in [4.78, 5) is 0. The van der Waals surface area contributed by atoms with E-state index in [-0.39, 0.29) is 0 Å². The lowest BCUT2D eigenvalue weighted by Crippen LogP contribution is -2.37. The third kappa shape index (κ3) is 7.81. The first-order chi connectivity index (χ1) is 38.1. The Kier molecular flexibility index (Phi) is 10.9. The molecule has 15 rings (SSSR count). The van der Waals surface area contributed by atoms with Gasteiger partial charge in [-0.15, -0.1) is 11.3 Å². The van der Waals surface area contributed by atoms with Crippen LogP contribution in [-0.4, -0.2) is 13.4 Å². The van der Waals surface area contributed by atoms with E-state index in [1.807, 2.05) is 11.3 Å². The Labute approximate surface area is 454 Å². The van der Waals surface area contributed by atoms with Crippen molar-refractivity contribution in [1.82, 2.24) is 4.57 Å². The second-order valence-corrected chi connectivity index (χ2v) is 24.9. The Hall–Kier alpha value is -9.12. The molecule has 1 atom stereocenters. The maximum absolute atomic E-state index is 2.56. The van der Waals surface area contributed by atoms with Crippen LogP contribution >= 0.6 is 11.3 Å². The zero-order valence-corrected chi connectivity index (χ0v) is 44.6. The molecule has 3 heterocycles. The lowest BCUT2D eigenvalue weighted by atomic mass is 9.96. The normalized spacial score (nSPS) is 12.9. The van der Waals surface area contributed by atoms with E-state index < -0.39 is 8.80 Å². The van der Waals surface area contributed by atoms with Crippen molar-refractivity contribution in [3.8, 4) is 94.7 Å². The Morgan fingerprint density at radius 1 is 0.299 bits per heavy atom. The van der Waals surface area contributed by atoms with Gasteiger partial charge in [0.2, 0.25) is 0 Å². The van der Waals surface area contributed by atoms with E-state index in [4.69, 9.17) is 0 Å². The molecule has 1 unspecified atom stereocenters. The highest BCUT2D eigenvalue weighted by atomic mass is 32.1. The molecule has 0 bridgehead atoms. The van der Waals surface area contributed by atoms with Crippen LogP contribution in [0.2, 0.25) is 6.04 Å². The molecule has 1 nitrogen and oxygen atoms in total. The van der Waals surface area contributed by atoms with Gasteiger partial charge in [0.25, 0.3) is 0 Å². The Bertz CT molecular complexity index is 4370. The monoisotopic (exact) mass is 1010 g/mol. The molecule has 362 valence electrons. The van der Waals surface area contributed by atoms with Crippen LogP contribution < -0.4 is 10.4 Å². The van der Waals surface area contributed by atoms with E-state index in [2.05, 4.69) is 284 Å². The highest BCUT2D eigenvalue weighted by Crippen LogP contribution is 2.42. The minimum atomic E-state index is -1.55. The quantitative estimate of drug-likeness (QED) is 0.127. The van der Waals surface area contributed by atoms with Crippen molar-refractivity contribution in [3.05, 3.63) is 273 Å². The molecule has 1 aliphatic rings. The summed E-state index contributed by atoms with van der Waals surface area (Å²) in [6.45, 7) is 2.41. The molecule has 0 N–H and O–H groups in total. The van der Waals surface area contributed by atoms with Crippen LogP contribution in [0.1, 0.15) is 6.92 Å². The van der Waals surface area contributed by atoms with Gasteiger partial charge >= 0.3 is 0 Å². The molecule has 3 heteroatoms. The lowest BCUT2D eigenvalue weighted by Gasteiger charge is -2.14. The summed E-state index contributed by atoms with van der Waals surface area (Å²) in [6.07, 6.45) is 0. The zero-order valence-electron chi connectivity index (χ0n) is 42.6. The molecule has 0 radical (unpaired) electrons. The standard InChI is InChI=1S/C74H51NSSi/c1-2-77-72-46-60(62-17-11-18-66-63-16-9-10-19-71(63)76-74(62)66)36-40-64(72)65-41-39-61(47-73(65)77)75-69-42-37-58(56-32-28-54(29-33-56)52-24-20-50(21-25-52)48-12-5-3-6-13-48)44-67(69)68-45-59(38-43-70(68)75)57-34-30-55(31-35-57)53-26-22-51(23-27-53)49-14-7-4-8-15-49/h3-47,77H,2H2,1H3. The fourth-order valence-electron chi connectivity index (χ4n) is 12.4. The molecule has 0 amide bonds. The highest BCUT2D eigenvalue weighted by molar-refractivity contribution is 7.26. The smallest absolute Gasteiger partial charge is 0.104 e. The number of fused-ring (bicyclic) bond motifs is 9. The first kappa shape index (κ1) is 45.3. The molecule has 14 aromatic rings. The fourth-order valence-corrected chi connectivity index (χ4v) is 16.9. The average molecular weight is 1010 g/mol. The third-order valence-electron chi connectivity index (χ3n) is 16.4. The van der Waals surface area contributed by atoms with Crippen molar-refractivity contribution in [2.45, 2.75) is 13.0 Å². The topological polar surface area (TPSA) is 4.93 Å². The third-order valence-corrected chi connectivity index (χ3v) is 20.9. The number of nitrogens with zero attached hydrogens (tertiary/aromatic N) is 1. The molecule has 2 aromatic heterocycles. The van der Waals surface area contributed by atoms with E-state index >= 15 is 0 Å². The van der Waals surface area contributed by atoms with Gasteiger partial charge in [-0.05, 0) is 142 Å². The van der Waals surface area contributed by atoms with E-state index in [1.54, 1.807) is 10.4 Å². The van der Waals surface area contributed by atoms with Gasteiger partial charge in [-0.3, -0.25) is 0 Å². The van der Waals surface area contributed by atoms with Gasteiger partial charge in [0.1, 0.15) is 8.80 Å². The molecular weight excluding hydrogens is 963 g/mol. The fraction of sp³-hybridized carbons (Fsp3) is 0.0270. The van der Waals surface area contributed by atoms with Crippen molar-refractivity contribution in [2.75, 3.05) is 0 Å². The molecule has 0 fully saturated rings. The van der Waals surface area contributed by atoms with Crippen LogP contribution in [0, 0.1) is 0 Å². The summed E-state index contributed by atoms with van der Waals surface area (Å²) in [5, 5.41) is 8.32. The van der Waals surface area contributed by atoms with Gasteiger partial charge in [-0.25, -0.2) is 0 Å². The SMILES string of the molecule is CC[SiH]1c2cc(-c3cccc4c3sc3ccccc34)ccc2-c2ccc(-n3c4ccc(-c5ccc(-c6ccc(-c7ccccc7)cc6)cc5)cc4c4cc(-c5ccc(-c6ccc(-c7ccccc7)cc6)cc5)ccc43)cc21. The Morgan fingerprint density at radius 2 is 0.701 bits per heavy atom. The lowest BCUT2D eigenvalue weighted by molar-refractivity contribution is 1.18. The Balaban J connectivity index is 0.806. The van der Waals surface area contributed by atoms with Crippen molar-refractivity contribution >= 4 is 72.5 Å². The maximum atomic E-state index is 2.56. The van der Waals surface area contributed by atoms with E-state index in [1.165, 1.54) is 137 Å². The minimum Gasteiger partial charge on any atom is -0.309 e. The first-order valence-electron chi connectivity index (χ1n) is 26.9. The summed E-state index contributed by atoms with van der Waals surface area (Å²) in [5.41, 5.74) is 23.8. The van der Waals surface area contributed by atoms with Crippen molar-refractivity contribution in [3.63, 3.8) is 0 Å². The van der Waals surface area contributed by atoms with Crippen LogP contribution in [0.15, 0.2) is 273 Å². The van der Waals surface area contributed by atoms with E-state index in [0.29, 0.717) is 0 Å². The van der Waals surface area contributed by atoms with E-state index in [0.717, 1.165) is 6.04 Å². The van der Waals surface area contributed by atoms with Crippen molar-refractivity contribution in [2.24, 2.45) is 0 Å². The van der Waals surface area contributed by atoms with Crippen LogP contribution in [0.25, 0.3) is 137 Å². The first-order valence-corrected chi connectivity index (χ1v) is 29.7. The molecule has 0 aliphatic carbocycles. The van der Waals surface area contributed by atoms with Gasteiger partial charge in [0.05, 0.1) is 11.0 Å². The largest absolute Gasteiger partial charge is 0.309 e. The van der Waals surface area contributed by atoms with Crippen LogP contribution in [0.4, 0.5) is 0 Å². The minimum absolute atomic E-state index is 1.16. The molecule has 0 spiro atoms. The van der Waals surface area contributed by atoms with Crippen LogP contribution in [-0.2, 0) is 0 Å². The maximum Gasteiger partial charge on any atom is 0.104 e. The van der Waals surface area contributed by atoms with Gasteiger partial charge in [0.15, 0.2) is 0 Å². The second kappa shape index (κ2) is 18.6. The number of rotatable bonds is 9. The molecule has 77 heavy (non-hydrogen) atoms.